The molecule has 26 heteroatoms. The van der Waals surface area contributed by atoms with Crippen LogP contribution in [-0.2, 0) is 89.0 Å². The molecule has 9 rings (SSSR count). The molecule has 5 aliphatic rings. The number of nitrogens with zero attached hydrogens (tertiary/aromatic N) is 3. The van der Waals surface area contributed by atoms with E-state index in [-0.39, 0.29) is 43.0 Å². The second kappa shape index (κ2) is 23.3. The van der Waals surface area contributed by atoms with Crippen molar-refractivity contribution in [1.29, 1.82) is 0 Å². The van der Waals surface area contributed by atoms with Crippen molar-refractivity contribution in [2.75, 3.05) is 39.5 Å². The van der Waals surface area contributed by atoms with Gasteiger partial charge in [0.15, 0.2) is 5.60 Å². The molecule has 2 aromatic carbocycles. The lowest BCUT2D eigenvalue weighted by molar-refractivity contribution is -0.172. The highest BCUT2D eigenvalue weighted by atomic mass is 19.1. The number of esters is 1. The van der Waals surface area contributed by atoms with Crippen molar-refractivity contribution in [1.82, 2.24) is 51.7 Å². The van der Waals surface area contributed by atoms with Crippen LogP contribution < -0.4 is 42.8 Å². The van der Waals surface area contributed by atoms with Crippen LogP contribution in [0.25, 0.3) is 22.3 Å². The summed E-state index contributed by atoms with van der Waals surface area (Å²) in [5.41, 5.74) is 1.73. The number of nitrogens with one attached hydrogen (secondary N) is 7. The molecule has 1 unspecified atom stereocenters. The predicted octanol–water partition coefficient (Wildman–Crippen LogP) is -1.46. The number of hydrogen-bond donors (Lipinski definition) is 9. The molecule has 9 N–H and O–H groups in total. The van der Waals surface area contributed by atoms with Gasteiger partial charge < -0.3 is 61.5 Å². The van der Waals surface area contributed by atoms with Crippen molar-refractivity contribution in [2.24, 2.45) is 5.92 Å². The number of pyridine rings is 2. The Morgan fingerprint density at radius 3 is 2.23 bits per heavy atom. The standard InChI is InChI=1S/C54H57FN10O15/c1-3-54(78)32-16-37-47-30(23-64(37)52(76)31(32)24-79-53(54)77)46-34(12-11-29-26(2)33(55)17-35(62-47)45(29)46)63-51(75)48(28-9-10-28)80-25-60-40(67)20-58-49(73)36(15-27-7-5-4-6-8-27)61-41(68)21-57-39(66)19-59-50(74)38(18-56-22-44(71)72)65-42(69)13-14-43(65)70/h4-8,13-14,16-17,28,34,36,38,48,56,78H,3,9-12,15,18-25H2,1-2H3,(H,57,66)(H,58,73)(H,59,74)(H,60,67)(H,61,68)(H,63,75)(H,71,72)/t34-,36-,38-,48?,54-/m0/s1. The van der Waals surface area contributed by atoms with Gasteiger partial charge in [-0.2, -0.15) is 0 Å². The molecule has 0 saturated heterocycles. The fraction of sp³-hybridized carbons (Fsp3) is 0.407. The normalized spacial score (nSPS) is 18.7. The predicted molar refractivity (Wildman–Crippen MR) is 275 cm³/mol. The number of ether oxygens (including phenoxy) is 2. The highest BCUT2D eigenvalue weighted by Gasteiger charge is 2.47. The Morgan fingerprint density at radius 1 is 0.850 bits per heavy atom. The Morgan fingerprint density at radius 2 is 1.54 bits per heavy atom. The highest BCUT2D eigenvalue weighted by Crippen LogP contribution is 2.46. The minimum Gasteiger partial charge on any atom is -0.480 e. The number of aromatic nitrogens is 2. The number of carbonyl (C=O) groups excluding carboxylic acids is 9. The van der Waals surface area contributed by atoms with Crippen molar-refractivity contribution in [3.63, 3.8) is 0 Å². The SMILES string of the molecule is CC[C@@]1(O)C(=O)OCc2c1cc1n(c2=O)Cc2c-1nc1cc(F)c(C)c3c1c2[C@@H](NC(=O)C(OCNC(=O)CNC(=O)[C@H](Cc1ccccc1)NC(=O)CNC(=O)CNC(=O)[C@H](CNCC(=O)O)N1C(=O)C=CC1=O)C1CC1)CC3. The molecule has 5 heterocycles. The molecular weight excluding hydrogens is 1050 g/mol. The molecule has 3 aliphatic heterocycles. The van der Waals surface area contributed by atoms with Gasteiger partial charge in [0.25, 0.3) is 17.4 Å². The lowest BCUT2D eigenvalue weighted by Crippen LogP contribution is -2.56. The number of rotatable bonds is 23. The van der Waals surface area contributed by atoms with E-state index in [9.17, 15) is 57.8 Å². The molecule has 8 amide bonds. The zero-order chi connectivity index (χ0) is 57.2. The first-order chi connectivity index (χ1) is 38.3. The number of fused-ring (bicyclic) bond motifs is 5. The smallest absolute Gasteiger partial charge is 0.343 e. The van der Waals surface area contributed by atoms with Crippen molar-refractivity contribution in [3.05, 3.63) is 110 Å². The summed E-state index contributed by atoms with van der Waals surface area (Å²) in [6.45, 7) is -0.424. The van der Waals surface area contributed by atoms with Gasteiger partial charge in [-0.25, -0.2) is 14.2 Å². The number of hydrogen-bond acceptors (Lipinski definition) is 16. The molecule has 0 bridgehead atoms. The molecule has 420 valence electrons. The number of aliphatic hydroxyl groups is 1. The van der Waals surface area contributed by atoms with E-state index in [0.29, 0.717) is 75.1 Å². The summed E-state index contributed by atoms with van der Waals surface area (Å²) in [5, 5.41) is 38.7. The summed E-state index contributed by atoms with van der Waals surface area (Å²) < 4.78 is 28.2. The van der Waals surface area contributed by atoms with Crippen LogP contribution in [0.4, 0.5) is 4.39 Å². The third-order valence-corrected chi connectivity index (χ3v) is 14.8. The first-order valence-corrected chi connectivity index (χ1v) is 25.9. The Bertz CT molecular complexity index is 3350. The molecule has 4 aromatic rings. The van der Waals surface area contributed by atoms with Crippen LogP contribution in [-0.4, -0.2) is 142 Å². The third kappa shape index (κ3) is 11.5. The third-order valence-electron chi connectivity index (χ3n) is 14.8. The summed E-state index contributed by atoms with van der Waals surface area (Å²) in [6, 6.07) is 8.06. The maximum absolute atomic E-state index is 15.5. The molecule has 25 nitrogen and oxygen atoms in total. The average Bonchev–Trinajstić information content (AvgIpc) is 4.33. The van der Waals surface area contributed by atoms with E-state index in [0.717, 1.165) is 17.7 Å². The largest absolute Gasteiger partial charge is 0.480 e. The second-order valence-electron chi connectivity index (χ2n) is 20.0. The van der Waals surface area contributed by atoms with E-state index < -0.39 is 140 Å². The first-order valence-electron chi connectivity index (χ1n) is 25.9. The van der Waals surface area contributed by atoms with Gasteiger partial charge >= 0.3 is 11.9 Å². The molecular formula is C54H57FN10O15. The number of benzene rings is 2. The minimum absolute atomic E-state index is 0.0312. The van der Waals surface area contributed by atoms with Gasteiger partial charge in [0.1, 0.15) is 37.3 Å². The Hall–Kier alpha value is -8.75. The zero-order valence-electron chi connectivity index (χ0n) is 43.4. The average molecular weight is 1110 g/mol. The number of aliphatic carboxylic acids is 1. The molecule has 0 radical (unpaired) electrons. The van der Waals surface area contributed by atoms with E-state index in [1.807, 2.05) is 0 Å². The highest BCUT2D eigenvalue weighted by molar-refractivity contribution is 6.15. The molecule has 1 saturated carbocycles. The van der Waals surface area contributed by atoms with E-state index in [1.54, 1.807) is 50.2 Å². The Labute approximate surface area is 454 Å². The van der Waals surface area contributed by atoms with Crippen LogP contribution in [0.5, 0.6) is 0 Å². The van der Waals surface area contributed by atoms with Gasteiger partial charge in [0.05, 0.1) is 61.2 Å². The molecule has 1 fully saturated rings. The molecule has 2 aromatic heterocycles. The fourth-order valence-corrected chi connectivity index (χ4v) is 10.5. The van der Waals surface area contributed by atoms with E-state index in [4.69, 9.17) is 19.6 Å². The van der Waals surface area contributed by atoms with E-state index in [2.05, 4.69) is 37.2 Å². The molecule has 5 atom stereocenters. The summed E-state index contributed by atoms with van der Waals surface area (Å²) in [7, 11) is 0. The van der Waals surface area contributed by atoms with Crippen LogP contribution >= 0.6 is 0 Å². The summed E-state index contributed by atoms with van der Waals surface area (Å²) in [5.74, 6) is -9.04. The van der Waals surface area contributed by atoms with E-state index in [1.165, 1.54) is 10.6 Å². The maximum Gasteiger partial charge on any atom is 0.343 e. The van der Waals surface area contributed by atoms with Crippen LogP contribution in [0.15, 0.2) is 59.4 Å². The number of carboxylic acids is 1. The van der Waals surface area contributed by atoms with Gasteiger partial charge in [-0.05, 0) is 73.3 Å². The van der Waals surface area contributed by atoms with Crippen molar-refractivity contribution >= 4 is 70.1 Å². The van der Waals surface area contributed by atoms with Gasteiger partial charge in [0, 0.05) is 47.7 Å². The number of carbonyl (C=O) groups is 10. The monoisotopic (exact) mass is 1100 g/mol. The summed E-state index contributed by atoms with van der Waals surface area (Å²) in [6.07, 6.45) is 2.83. The molecule has 80 heavy (non-hydrogen) atoms. The van der Waals surface area contributed by atoms with Crippen LogP contribution in [0.1, 0.15) is 77.6 Å². The second-order valence-corrected chi connectivity index (χ2v) is 20.0. The fourth-order valence-electron chi connectivity index (χ4n) is 10.5. The lowest BCUT2D eigenvalue weighted by atomic mass is 9.81. The Kier molecular flexibility index (Phi) is 16.3. The van der Waals surface area contributed by atoms with Crippen LogP contribution in [0.2, 0.25) is 0 Å². The minimum atomic E-state index is -2.07. The number of imide groups is 1. The molecule has 0 spiro atoms. The quantitative estimate of drug-likeness (QED) is 0.0205. The van der Waals surface area contributed by atoms with Crippen LogP contribution in [0, 0.1) is 18.7 Å². The van der Waals surface area contributed by atoms with Crippen molar-refractivity contribution in [3.8, 4) is 11.4 Å². The Balaban J connectivity index is 0.804. The van der Waals surface area contributed by atoms with Crippen LogP contribution in [0.3, 0.4) is 0 Å². The zero-order valence-corrected chi connectivity index (χ0v) is 43.4. The first kappa shape index (κ1) is 56.0. The van der Waals surface area contributed by atoms with Gasteiger partial charge in [-0.15, -0.1) is 0 Å². The van der Waals surface area contributed by atoms with Gasteiger partial charge in [0.2, 0.25) is 35.4 Å². The number of carboxylic acid groups (broad SMARTS) is 1. The number of cyclic esters (lactones) is 1. The van der Waals surface area contributed by atoms with Gasteiger partial charge in [-0.1, -0.05) is 37.3 Å². The topological polar surface area (TPSA) is 352 Å². The van der Waals surface area contributed by atoms with Crippen molar-refractivity contribution < 1.29 is 72.0 Å². The number of aryl methyl sites for hydroxylation is 1. The lowest BCUT2D eigenvalue weighted by Gasteiger charge is -2.31. The number of amides is 8. The van der Waals surface area contributed by atoms with Gasteiger partial charge in [-0.3, -0.25) is 52.8 Å². The number of halogens is 1. The summed E-state index contributed by atoms with van der Waals surface area (Å²) >= 11 is 0. The molecule has 2 aliphatic carbocycles. The van der Waals surface area contributed by atoms with Crippen molar-refractivity contribution in [2.45, 2.75) is 95.4 Å². The summed E-state index contributed by atoms with van der Waals surface area (Å²) in [4.78, 5) is 148. The maximum atomic E-state index is 15.5. The van der Waals surface area contributed by atoms with E-state index >= 15 is 4.39 Å².